The summed E-state index contributed by atoms with van der Waals surface area (Å²) in [6, 6.07) is 4.17. The summed E-state index contributed by atoms with van der Waals surface area (Å²) in [7, 11) is 0. The van der Waals surface area contributed by atoms with Crippen molar-refractivity contribution >= 4 is 27.8 Å². The number of aliphatic imine (C=N–C) groups is 1. The van der Waals surface area contributed by atoms with Gasteiger partial charge in [-0.05, 0) is 53.5 Å². The third kappa shape index (κ3) is 2.50. The lowest BCUT2D eigenvalue weighted by Gasteiger charge is -2.01. The predicted octanol–water partition coefficient (Wildman–Crippen LogP) is 3.12. The van der Waals surface area contributed by atoms with Crippen molar-refractivity contribution in [2.45, 2.75) is 19.8 Å². The lowest BCUT2D eigenvalue weighted by molar-refractivity contribution is 0.829. The first-order valence-corrected chi connectivity index (χ1v) is 6.16. The Bertz CT molecular complexity index is 502. The largest absolute Gasteiger partial charge is 0.298 e. The molecule has 2 aromatic heterocycles. The van der Waals surface area contributed by atoms with E-state index >= 15 is 0 Å². The second-order valence-electron chi connectivity index (χ2n) is 3.61. The molecule has 4 heteroatoms. The Morgan fingerprint density at radius 2 is 2.38 bits per heavy atom. The minimum Gasteiger partial charge on any atom is -0.298 e. The van der Waals surface area contributed by atoms with Crippen molar-refractivity contribution in [3.8, 4) is 0 Å². The SMILES string of the molecule is CC=NCCCc1ccc2ncc(Br)n2c1. The second-order valence-corrected chi connectivity index (χ2v) is 4.43. The van der Waals surface area contributed by atoms with Crippen LogP contribution in [0.25, 0.3) is 5.65 Å². The van der Waals surface area contributed by atoms with E-state index in [1.807, 2.05) is 25.4 Å². The van der Waals surface area contributed by atoms with Crippen LogP contribution in [0.4, 0.5) is 0 Å². The van der Waals surface area contributed by atoms with Crippen molar-refractivity contribution in [2.75, 3.05) is 6.54 Å². The quantitative estimate of drug-likeness (QED) is 0.625. The maximum atomic E-state index is 4.26. The Kier molecular flexibility index (Phi) is 3.72. The summed E-state index contributed by atoms with van der Waals surface area (Å²) < 4.78 is 3.05. The second kappa shape index (κ2) is 5.25. The first-order chi connectivity index (χ1) is 7.81. The number of aryl methyl sites for hydroxylation is 1. The van der Waals surface area contributed by atoms with E-state index in [1.54, 1.807) is 0 Å². The van der Waals surface area contributed by atoms with Crippen molar-refractivity contribution in [3.05, 3.63) is 34.7 Å². The molecule has 0 saturated heterocycles. The molecule has 0 atom stereocenters. The lowest BCUT2D eigenvalue weighted by atomic mass is 10.1. The van der Waals surface area contributed by atoms with Crippen LogP contribution in [-0.2, 0) is 6.42 Å². The number of pyridine rings is 1. The van der Waals surface area contributed by atoms with E-state index in [9.17, 15) is 0 Å². The Morgan fingerprint density at radius 3 is 3.19 bits per heavy atom. The minimum atomic E-state index is 0.902. The van der Waals surface area contributed by atoms with Gasteiger partial charge in [0, 0.05) is 12.7 Å². The van der Waals surface area contributed by atoms with Crippen molar-refractivity contribution in [2.24, 2.45) is 4.99 Å². The molecule has 0 aliphatic heterocycles. The number of hydrogen-bond acceptors (Lipinski definition) is 2. The van der Waals surface area contributed by atoms with Crippen LogP contribution in [0.2, 0.25) is 0 Å². The molecule has 2 aromatic rings. The molecule has 0 radical (unpaired) electrons. The summed E-state index contributed by atoms with van der Waals surface area (Å²) in [5.74, 6) is 0. The molecule has 3 nitrogen and oxygen atoms in total. The van der Waals surface area contributed by atoms with E-state index in [4.69, 9.17) is 0 Å². The Labute approximate surface area is 103 Å². The highest BCUT2D eigenvalue weighted by molar-refractivity contribution is 9.10. The molecule has 0 aromatic carbocycles. The first kappa shape index (κ1) is 11.3. The molecule has 0 aliphatic rings. The molecule has 0 saturated carbocycles. The third-order valence-corrected chi connectivity index (χ3v) is 3.04. The fourth-order valence-corrected chi connectivity index (χ4v) is 2.03. The molecule has 2 rings (SSSR count). The molecule has 0 fully saturated rings. The minimum absolute atomic E-state index is 0.902. The smallest absolute Gasteiger partial charge is 0.137 e. The van der Waals surface area contributed by atoms with E-state index in [-0.39, 0.29) is 0 Å². The van der Waals surface area contributed by atoms with Gasteiger partial charge in [-0.15, -0.1) is 0 Å². The fraction of sp³-hybridized carbons (Fsp3) is 0.333. The van der Waals surface area contributed by atoms with Gasteiger partial charge in [0.15, 0.2) is 0 Å². The Balaban J connectivity index is 2.09. The summed E-state index contributed by atoms with van der Waals surface area (Å²) in [6.45, 7) is 2.86. The van der Waals surface area contributed by atoms with Crippen LogP contribution in [0.5, 0.6) is 0 Å². The monoisotopic (exact) mass is 279 g/mol. The maximum Gasteiger partial charge on any atom is 0.137 e. The van der Waals surface area contributed by atoms with Gasteiger partial charge in [0.25, 0.3) is 0 Å². The molecule has 0 N–H and O–H groups in total. The van der Waals surface area contributed by atoms with Gasteiger partial charge in [0.2, 0.25) is 0 Å². The molecular weight excluding hydrogens is 266 g/mol. The highest BCUT2D eigenvalue weighted by Crippen LogP contribution is 2.14. The van der Waals surface area contributed by atoms with Gasteiger partial charge in [-0.2, -0.15) is 0 Å². The number of imidazole rings is 1. The number of nitrogens with zero attached hydrogens (tertiary/aromatic N) is 3. The van der Waals surface area contributed by atoms with Gasteiger partial charge < -0.3 is 0 Å². The third-order valence-electron chi connectivity index (χ3n) is 2.46. The van der Waals surface area contributed by atoms with Crippen molar-refractivity contribution in [3.63, 3.8) is 0 Å². The van der Waals surface area contributed by atoms with Crippen LogP contribution in [-0.4, -0.2) is 22.1 Å². The molecule has 84 valence electrons. The van der Waals surface area contributed by atoms with Crippen LogP contribution >= 0.6 is 15.9 Å². The van der Waals surface area contributed by atoms with Crippen LogP contribution in [0, 0.1) is 0 Å². The zero-order valence-corrected chi connectivity index (χ0v) is 10.8. The summed E-state index contributed by atoms with van der Waals surface area (Å²) in [6.07, 6.45) is 7.94. The molecular formula is C12H14BrN3. The summed E-state index contributed by atoms with van der Waals surface area (Å²) >= 11 is 3.47. The normalized spacial score (nSPS) is 11.6. The number of fused-ring (bicyclic) bond motifs is 1. The maximum absolute atomic E-state index is 4.26. The van der Waals surface area contributed by atoms with E-state index in [0.717, 1.165) is 29.6 Å². The topological polar surface area (TPSA) is 29.7 Å². The first-order valence-electron chi connectivity index (χ1n) is 5.37. The van der Waals surface area contributed by atoms with Crippen molar-refractivity contribution < 1.29 is 0 Å². The molecule has 0 aliphatic carbocycles. The van der Waals surface area contributed by atoms with Crippen molar-refractivity contribution in [1.82, 2.24) is 9.38 Å². The Morgan fingerprint density at radius 1 is 1.50 bits per heavy atom. The predicted molar refractivity (Wildman–Crippen MR) is 70.2 cm³/mol. The van der Waals surface area contributed by atoms with Gasteiger partial charge in [-0.3, -0.25) is 9.39 Å². The summed E-state index contributed by atoms with van der Waals surface area (Å²) in [5.41, 5.74) is 2.29. The number of hydrogen-bond donors (Lipinski definition) is 0. The van der Waals surface area contributed by atoms with Crippen LogP contribution in [0.1, 0.15) is 18.9 Å². The zero-order chi connectivity index (χ0) is 11.4. The number of aromatic nitrogens is 2. The average Bonchev–Trinajstić information content (AvgIpc) is 2.67. The molecule has 0 amide bonds. The van der Waals surface area contributed by atoms with E-state index in [0.29, 0.717) is 0 Å². The van der Waals surface area contributed by atoms with Gasteiger partial charge in [-0.1, -0.05) is 6.07 Å². The van der Waals surface area contributed by atoms with Crippen molar-refractivity contribution in [1.29, 1.82) is 0 Å². The van der Waals surface area contributed by atoms with Crippen LogP contribution in [0.15, 0.2) is 34.1 Å². The van der Waals surface area contributed by atoms with Gasteiger partial charge >= 0.3 is 0 Å². The standard InChI is InChI=1S/C12H14BrN3/c1-2-14-7-3-4-10-5-6-12-15-8-11(13)16(12)9-10/h2,5-6,8-9H,3-4,7H2,1H3. The van der Waals surface area contributed by atoms with E-state index in [1.165, 1.54) is 5.56 Å². The van der Waals surface area contributed by atoms with E-state index in [2.05, 4.69) is 42.6 Å². The lowest BCUT2D eigenvalue weighted by Crippen LogP contribution is -1.93. The molecule has 0 unspecified atom stereocenters. The Hall–Kier alpha value is -1.16. The molecule has 0 bridgehead atoms. The number of rotatable bonds is 4. The number of halogens is 1. The van der Waals surface area contributed by atoms with Gasteiger partial charge in [-0.25, -0.2) is 4.98 Å². The summed E-state index contributed by atoms with van der Waals surface area (Å²) in [4.78, 5) is 8.46. The average molecular weight is 280 g/mol. The molecule has 0 spiro atoms. The summed E-state index contributed by atoms with van der Waals surface area (Å²) in [5, 5.41) is 0. The molecule has 2 heterocycles. The van der Waals surface area contributed by atoms with Crippen LogP contribution < -0.4 is 0 Å². The highest BCUT2D eigenvalue weighted by Gasteiger charge is 2.00. The van der Waals surface area contributed by atoms with Gasteiger partial charge in [0.05, 0.1) is 6.20 Å². The van der Waals surface area contributed by atoms with Crippen LogP contribution in [0.3, 0.4) is 0 Å². The highest BCUT2D eigenvalue weighted by atomic mass is 79.9. The van der Waals surface area contributed by atoms with Gasteiger partial charge in [0.1, 0.15) is 10.3 Å². The molecule has 16 heavy (non-hydrogen) atoms. The van der Waals surface area contributed by atoms with E-state index < -0.39 is 0 Å². The fourth-order valence-electron chi connectivity index (χ4n) is 1.65. The zero-order valence-electron chi connectivity index (χ0n) is 9.23.